The van der Waals surface area contributed by atoms with Crippen molar-refractivity contribution in [2.45, 2.75) is 25.4 Å². The molecule has 0 aromatic heterocycles. The van der Waals surface area contributed by atoms with Crippen LogP contribution in [0.5, 0.6) is 5.75 Å². The zero-order valence-electron chi connectivity index (χ0n) is 14.1. The minimum Gasteiger partial charge on any atom is -0.497 e. The van der Waals surface area contributed by atoms with E-state index in [9.17, 15) is 4.79 Å². The Morgan fingerprint density at radius 3 is 2.70 bits per heavy atom. The molecule has 2 atom stereocenters. The molecule has 126 valence electrons. The predicted octanol–water partition coefficient (Wildman–Crippen LogP) is 1.34. The number of hydrogen-bond donors (Lipinski definition) is 1. The van der Waals surface area contributed by atoms with Gasteiger partial charge in [0.15, 0.2) is 0 Å². The summed E-state index contributed by atoms with van der Waals surface area (Å²) in [6.07, 6.45) is 2.38. The molecular weight excluding hydrogens is 290 g/mol. The second-order valence-corrected chi connectivity index (χ2v) is 6.72. The number of fused-ring (bicyclic) bond motifs is 4. The molecule has 0 radical (unpaired) electrons. The van der Waals surface area contributed by atoms with Crippen molar-refractivity contribution in [2.75, 3.05) is 40.3 Å². The molecule has 0 unspecified atom stereocenters. The molecule has 5 heteroatoms. The van der Waals surface area contributed by atoms with Crippen molar-refractivity contribution in [3.8, 4) is 5.75 Å². The van der Waals surface area contributed by atoms with Crippen molar-refractivity contribution in [3.05, 3.63) is 29.8 Å². The monoisotopic (exact) mass is 317 g/mol. The van der Waals surface area contributed by atoms with Gasteiger partial charge in [-0.25, -0.2) is 0 Å². The average molecular weight is 317 g/mol. The first kappa shape index (κ1) is 16.3. The van der Waals surface area contributed by atoms with Crippen LogP contribution in [0, 0.1) is 5.92 Å². The van der Waals surface area contributed by atoms with Crippen molar-refractivity contribution in [1.82, 2.24) is 15.1 Å². The molecule has 0 aliphatic carbocycles. The highest BCUT2D eigenvalue weighted by Gasteiger charge is 2.36. The third-order valence-corrected chi connectivity index (χ3v) is 5.00. The first-order valence-electron chi connectivity index (χ1n) is 8.49. The van der Waals surface area contributed by atoms with Gasteiger partial charge in [0, 0.05) is 32.2 Å². The number of amides is 1. The zero-order valence-corrected chi connectivity index (χ0v) is 14.1. The molecule has 1 aromatic rings. The Morgan fingerprint density at radius 2 is 2.00 bits per heavy atom. The lowest BCUT2D eigenvalue weighted by Gasteiger charge is -2.36. The Hall–Kier alpha value is -1.59. The molecule has 5 nitrogen and oxygen atoms in total. The molecule has 4 rings (SSSR count). The molecule has 0 saturated carbocycles. The molecule has 23 heavy (non-hydrogen) atoms. The van der Waals surface area contributed by atoms with E-state index >= 15 is 0 Å². The van der Waals surface area contributed by atoms with E-state index in [0.29, 0.717) is 18.5 Å². The fourth-order valence-corrected chi connectivity index (χ4v) is 3.86. The highest BCUT2D eigenvalue weighted by molar-refractivity contribution is 5.78. The summed E-state index contributed by atoms with van der Waals surface area (Å²) < 4.78 is 5.22. The lowest BCUT2D eigenvalue weighted by molar-refractivity contribution is -0.134. The standard InChI is InChI=1S/C18H27N3O2/c1-19-9-18(22)21-12-15-3-6-16(21)13-20(11-15)10-14-4-7-17(23-2)8-5-14/h4-5,7-8,15-16,19H,3,6,9-13H2,1-2H3/t15-,16+/m0/s1. The third kappa shape index (κ3) is 3.85. The Morgan fingerprint density at radius 1 is 1.22 bits per heavy atom. The number of methoxy groups -OCH3 is 1. The van der Waals surface area contributed by atoms with Crippen LogP contribution >= 0.6 is 0 Å². The fourth-order valence-electron chi connectivity index (χ4n) is 3.86. The predicted molar refractivity (Wildman–Crippen MR) is 90.4 cm³/mol. The van der Waals surface area contributed by atoms with Gasteiger partial charge >= 0.3 is 0 Å². The Balaban J connectivity index is 1.65. The van der Waals surface area contributed by atoms with E-state index in [1.165, 1.54) is 12.0 Å². The molecule has 0 spiro atoms. The third-order valence-electron chi connectivity index (χ3n) is 5.00. The van der Waals surface area contributed by atoms with E-state index in [0.717, 1.165) is 38.3 Å². The van der Waals surface area contributed by atoms with Gasteiger partial charge in [0.2, 0.25) is 5.91 Å². The first-order chi connectivity index (χ1) is 11.2. The lowest BCUT2D eigenvalue weighted by atomic mass is 9.95. The largest absolute Gasteiger partial charge is 0.497 e. The highest BCUT2D eigenvalue weighted by atomic mass is 16.5. The van der Waals surface area contributed by atoms with Crippen molar-refractivity contribution in [2.24, 2.45) is 5.92 Å². The van der Waals surface area contributed by atoms with E-state index in [4.69, 9.17) is 4.74 Å². The van der Waals surface area contributed by atoms with Crippen LogP contribution in [0.4, 0.5) is 0 Å². The number of nitrogens with zero attached hydrogens (tertiary/aromatic N) is 2. The molecular formula is C18H27N3O2. The van der Waals surface area contributed by atoms with E-state index in [1.807, 2.05) is 19.2 Å². The zero-order chi connectivity index (χ0) is 16.2. The van der Waals surface area contributed by atoms with E-state index in [-0.39, 0.29) is 5.91 Å². The lowest BCUT2D eigenvalue weighted by Crippen LogP contribution is -2.49. The molecule has 1 aromatic carbocycles. The van der Waals surface area contributed by atoms with Gasteiger partial charge < -0.3 is 15.0 Å². The smallest absolute Gasteiger partial charge is 0.236 e. The molecule has 2 bridgehead atoms. The number of nitrogens with one attached hydrogen (secondary N) is 1. The molecule has 1 N–H and O–H groups in total. The number of piperidine rings is 1. The first-order valence-corrected chi connectivity index (χ1v) is 8.49. The van der Waals surface area contributed by atoms with Gasteiger partial charge in [-0.1, -0.05) is 12.1 Å². The van der Waals surface area contributed by atoms with Gasteiger partial charge in [-0.3, -0.25) is 9.69 Å². The number of carbonyl (C=O) groups is 1. The van der Waals surface area contributed by atoms with E-state index < -0.39 is 0 Å². The van der Waals surface area contributed by atoms with E-state index in [1.54, 1.807) is 7.11 Å². The van der Waals surface area contributed by atoms with Gasteiger partial charge in [-0.15, -0.1) is 0 Å². The van der Waals surface area contributed by atoms with Crippen molar-refractivity contribution in [3.63, 3.8) is 0 Å². The van der Waals surface area contributed by atoms with Crippen molar-refractivity contribution < 1.29 is 9.53 Å². The Bertz CT molecular complexity index is 532. The van der Waals surface area contributed by atoms with Gasteiger partial charge in [-0.2, -0.15) is 0 Å². The van der Waals surface area contributed by atoms with Crippen LogP contribution in [0.3, 0.4) is 0 Å². The molecule has 3 aliphatic rings. The summed E-state index contributed by atoms with van der Waals surface area (Å²) in [5.74, 6) is 1.75. The number of carbonyl (C=O) groups excluding carboxylic acids is 1. The van der Waals surface area contributed by atoms with Crippen LogP contribution in [0.1, 0.15) is 18.4 Å². The van der Waals surface area contributed by atoms with Crippen molar-refractivity contribution >= 4 is 5.91 Å². The average Bonchev–Trinajstić information content (AvgIpc) is 2.86. The quantitative estimate of drug-likeness (QED) is 0.890. The van der Waals surface area contributed by atoms with Gasteiger partial charge in [0.05, 0.1) is 13.7 Å². The maximum Gasteiger partial charge on any atom is 0.236 e. The summed E-state index contributed by atoms with van der Waals surface area (Å²) in [5, 5.41) is 2.99. The van der Waals surface area contributed by atoms with Crippen LogP contribution in [0.25, 0.3) is 0 Å². The van der Waals surface area contributed by atoms with Gasteiger partial charge in [0.25, 0.3) is 0 Å². The van der Waals surface area contributed by atoms with Crippen LogP contribution in [-0.4, -0.2) is 62.1 Å². The van der Waals surface area contributed by atoms with Gasteiger partial charge in [-0.05, 0) is 43.5 Å². The summed E-state index contributed by atoms with van der Waals surface area (Å²) in [4.78, 5) is 16.9. The number of likely N-dealkylation sites (N-methyl/N-ethyl adjacent to an activating group) is 1. The van der Waals surface area contributed by atoms with E-state index in [2.05, 4.69) is 27.2 Å². The van der Waals surface area contributed by atoms with Crippen LogP contribution in [0.2, 0.25) is 0 Å². The number of rotatable bonds is 5. The molecule has 3 saturated heterocycles. The second-order valence-electron chi connectivity index (χ2n) is 6.72. The minimum atomic E-state index is 0.244. The summed E-state index contributed by atoms with van der Waals surface area (Å²) >= 11 is 0. The highest BCUT2D eigenvalue weighted by Crippen LogP contribution is 2.29. The molecule has 3 fully saturated rings. The van der Waals surface area contributed by atoms with Crippen LogP contribution in [-0.2, 0) is 11.3 Å². The van der Waals surface area contributed by atoms with Crippen molar-refractivity contribution in [1.29, 1.82) is 0 Å². The van der Waals surface area contributed by atoms with Crippen LogP contribution in [0.15, 0.2) is 24.3 Å². The number of hydrogen-bond acceptors (Lipinski definition) is 4. The molecule has 3 aliphatic heterocycles. The molecule has 3 heterocycles. The Kier molecular flexibility index (Phi) is 5.18. The summed E-state index contributed by atoms with van der Waals surface area (Å²) in [6, 6.07) is 8.67. The minimum absolute atomic E-state index is 0.244. The van der Waals surface area contributed by atoms with Gasteiger partial charge in [0.1, 0.15) is 5.75 Å². The number of ether oxygens (including phenoxy) is 1. The maximum atomic E-state index is 12.3. The summed E-state index contributed by atoms with van der Waals surface area (Å²) in [6.45, 7) is 4.39. The summed E-state index contributed by atoms with van der Waals surface area (Å²) in [5.41, 5.74) is 1.31. The fraction of sp³-hybridized carbons (Fsp3) is 0.611. The van der Waals surface area contributed by atoms with Crippen LogP contribution < -0.4 is 10.1 Å². The molecule has 1 amide bonds. The SMILES string of the molecule is CNCC(=O)N1C[C@H]2CC[C@@H]1CN(Cc1ccc(OC)cc1)C2. The second kappa shape index (κ2) is 7.32. The maximum absolute atomic E-state index is 12.3. The topological polar surface area (TPSA) is 44.8 Å². The Labute approximate surface area is 138 Å². The normalized spacial score (nSPS) is 24.5. The summed E-state index contributed by atoms with van der Waals surface area (Å²) in [7, 11) is 3.53. The number of benzene rings is 1.